The first-order valence-corrected chi connectivity index (χ1v) is 7.02. The Balaban J connectivity index is 2.23. The van der Waals surface area contributed by atoms with Crippen LogP contribution >= 0.6 is 0 Å². The van der Waals surface area contributed by atoms with Gasteiger partial charge in [-0.2, -0.15) is 0 Å². The van der Waals surface area contributed by atoms with E-state index >= 15 is 0 Å². The van der Waals surface area contributed by atoms with Crippen LogP contribution in [0.3, 0.4) is 0 Å². The summed E-state index contributed by atoms with van der Waals surface area (Å²) in [5.41, 5.74) is 14.4. The Morgan fingerprint density at radius 3 is 1.64 bits per heavy atom. The van der Waals surface area contributed by atoms with Gasteiger partial charge in [0.15, 0.2) is 0 Å². The van der Waals surface area contributed by atoms with Crippen LogP contribution in [0.1, 0.15) is 11.1 Å². The Bertz CT molecular complexity index is 836. The summed E-state index contributed by atoms with van der Waals surface area (Å²) in [7, 11) is 1.99. The van der Waals surface area contributed by atoms with E-state index in [2.05, 4.69) is 4.57 Å². The van der Waals surface area contributed by atoms with Gasteiger partial charge in [-0.1, -0.05) is 12.1 Å². The number of nitrogens with zero attached hydrogens (tertiary/aromatic N) is 1. The highest BCUT2D eigenvalue weighted by Crippen LogP contribution is 2.30. The summed E-state index contributed by atoms with van der Waals surface area (Å²) in [4.78, 5) is 22.2. The molecule has 0 radical (unpaired) electrons. The van der Waals surface area contributed by atoms with Crippen molar-refractivity contribution in [2.75, 3.05) is 0 Å². The molecule has 0 spiro atoms. The summed E-state index contributed by atoms with van der Waals surface area (Å²) in [6.45, 7) is 0. The van der Waals surface area contributed by atoms with Crippen LogP contribution in [0.2, 0.25) is 0 Å². The minimum atomic E-state index is -0.353. The summed E-state index contributed by atoms with van der Waals surface area (Å²) < 4.78 is 2.09. The van der Waals surface area contributed by atoms with Gasteiger partial charge in [0.1, 0.15) is 0 Å². The summed E-state index contributed by atoms with van der Waals surface area (Å²) >= 11 is 0. The molecule has 5 nitrogen and oxygen atoms in total. The maximum atomic E-state index is 11.1. The van der Waals surface area contributed by atoms with E-state index in [0.29, 0.717) is 0 Å². The van der Waals surface area contributed by atoms with Crippen molar-refractivity contribution in [2.24, 2.45) is 18.5 Å². The van der Waals surface area contributed by atoms with Crippen molar-refractivity contribution < 1.29 is 9.59 Å². The standard InChI is InChI=1S/C17H17N3O2/c1-20-14-4-2-10(8-16(18)21)6-12(14)13-7-11(9-17(19)22)3-5-15(13)20/h2-7H,8-9H2,1H3,(H2,18,21)(H2,19,22). The fourth-order valence-corrected chi connectivity index (χ4v) is 2.93. The fourth-order valence-electron chi connectivity index (χ4n) is 2.93. The number of benzene rings is 2. The lowest BCUT2D eigenvalue weighted by atomic mass is 10.0. The van der Waals surface area contributed by atoms with Crippen LogP contribution in [-0.2, 0) is 29.5 Å². The summed E-state index contributed by atoms with van der Waals surface area (Å²) in [5, 5.41) is 2.09. The summed E-state index contributed by atoms with van der Waals surface area (Å²) in [5.74, 6) is -0.706. The van der Waals surface area contributed by atoms with E-state index in [4.69, 9.17) is 11.5 Å². The molecule has 4 N–H and O–H groups in total. The van der Waals surface area contributed by atoms with Crippen molar-refractivity contribution in [3.63, 3.8) is 0 Å². The Morgan fingerprint density at radius 2 is 1.27 bits per heavy atom. The minimum absolute atomic E-state index is 0.216. The summed E-state index contributed by atoms with van der Waals surface area (Å²) in [6, 6.07) is 11.8. The van der Waals surface area contributed by atoms with Gasteiger partial charge in [0, 0.05) is 28.9 Å². The molecule has 0 aliphatic rings. The third-order valence-corrected chi connectivity index (χ3v) is 3.89. The van der Waals surface area contributed by atoms with Crippen molar-refractivity contribution in [1.82, 2.24) is 4.57 Å². The molecule has 0 aliphatic heterocycles. The van der Waals surface area contributed by atoms with Gasteiger partial charge in [0.2, 0.25) is 11.8 Å². The highest BCUT2D eigenvalue weighted by atomic mass is 16.1. The molecule has 3 aromatic rings. The normalized spacial score (nSPS) is 11.1. The Hall–Kier alpha value is -2.82. The molecule has 0 bridgehead atoms. The molecule has 2 amide bonds. The second kappa shape index (κ2) is 5.18. The van der Waals surface area contributed by atoms with E-state index in [1.807, 2.05) is 43.4 Å². The number of aromatic nitrogens is 1. The SMILES string of the molecule is Cn1c2ccc(CC(N)=O)cc2c2cc(CC(N)=O)ccc21. The molecule has 0 saturated heterocycles. The predicted octanol–water partition coefficient (Wildman–Crippen LogP) is 1.39. The van der Waals surface area contributed by atoms with Crippen molar-refractivity contribution in [3.05, 3.63) is 47.5 Å². The average molecular weight is 295 g/mol. The van der Waals surface area contributed by atoms with Crippen molar-refractivity contribution in [3.8, 4) is 0 Å². The van der Waals surface area contributed by atoms with Gasteiger partial charge >= 0.3 is 0 Å². The van der Waals surface area contributed by atoms with E-state index in [0.717, 1.165) is 32.9 Å². The molecular formula is C17H17N3O2. The highest BCUT2D eigenvalue weighted by Gasteiger charge is 2.11. The monoisotopic (exact) mass is 295 g/mol. The topological polar surface area (TPSA) is 91.1 Å². The van der Waals surface area contributed by atoms with Crippen LogP contribution in [0.4, 0.5) is 0 Å². The zero-order chi connectivity index (χ0) is 15.9. The smallest absolute Gasteiger partial charge is 0.221 e. The van der Waals surface area contributed by atoms with Crippen molar-refractivity contribution in [1.29, 1.82) is 0 Å². The predicted molar refractivity (Wildman–Crippen MR) is 86.2 cm³/mol. The lowest BCUT2D eigenvalue weighted by Crippen LogP contribution is -2.13. The largest absolute Gasteiger partial charge is 0.369 e. The zero-order valence-electron chi connectivity index (χ0n) is 12.3. The quantitative estimate of drug-likeness (QED) is 0.761. The number of carbonyl (C=O) groups excluding carboxylic acids is 2. The number of hydrogen-bond donors (Lipinski definition) is 2. The molecule has 1 heterocycles. The van der Waals surface area contributed by atoms with Crippen LogP contribution in [0, 0.1) is 0 Å². The van der Waals surface area contributed by atoms with E-state index < -0.39 is 0 Å². The second-order valence-corrected chi connectivity index (χ2v) is 5.55. The lowest BCUT2D eigenvalue weighted by Gasteiger charge is -2.00. The van der Waals surface area contributed by atoms with Gasteiger partial charge in [-0.3, -0.25) is 9.59 Å². The van der Waals surface area contributed by atoms with Gasteiger partial charge < -0.3 is 16.0 Å². The number of fused-ring (bicyclic) bond motifs is 3. The van der Waals surface area contributed by atoms with Crippen LogP contribution < -0.4 is 11.5 Å². The second-order valence-electron chi connectivity index (χ2n) is 5.55. The first kappa shape index (κ1) is 14.1. The van der Waals surface area contributed by atoms with E-state index in [-0.39, 0.29) is 24.7 Å². The minimum Gasteiger partial charge on any atom is -0.369 e. The molecule has 5 heteroatoms. The number of aryl methyl sites for hydroxylation is 1. The molecule has 0 saturated carbocycles. The number of amides is 2. The van der Waals surface area contributed by atoms with E-state index in [1.165, 1.54) is 0 Å². The maximum absolute atomic E-state index is 11.1. The molecule has 0 aliphatic carbocycles. The molecule has 0 atom stereocenters. The van der Waals surface area contributed by atoms with Crippen molar-refractivity contribution >= 4 is 33.6 Å². The first-order chi connectivity index (χ1) is 10.5. The van der Waals surface area contributed by atoms with E-state index in [1.54, 1.807) is 0 Å². The molecule has 0 fully saturated rings. The Kier molecular flexibility index (Phi) is 3.33. The fraction of sp³-hybridized carbons (Fsp3) is 0.176. The summed E-state index contributed by atoms with van der Waals surface area (Å²) in [6.07, 6.45) is 0.431. The number of hydrogen-bond acceptors (Lipinski definition) is 2. The molecule has 22 heavy (non-hydrogen) atoms. The molecular weight excluding hydrogens is 278 g/mol. The van der Waals surface area contributed by atoms with Gasteiger partial charge in [0.25, 0.3) is 0 Å². The number of nitrogens with two attached hydrogens (primary N) is 2. The van der Waals surface area contributed by atoms with Crippen LogP contribution in [0.15, 0.2) is 36.4 Å². The van der Waals surface area contributed by atoms with Gasteiger partial charge in [-0.15, -0.1) is 0 Å². The van der Waals surface area contributed by atoms with E-state index in [9.17, 15) is 9.59 Å². The van der Waals surface area contributed by atoms with Crippen LogP contribution in [0.5, 0.6) is 0 Å². The average Bonchev–Trinajstić information content (AvgIpc) is 2.70. The van der Waals surface area contributed by atoms with Crippen molar-refractivity contribution in [2.45, 2.75) is 12.8 Å². The van der Waals surface area contributed by atoms with Gasteiger partial charge in [-0.05, 0) is 35.4 Å². The van der Waals surface area contributed by atoms with Gasteiger partial charge in [0.05, 0.1) is 12.8 Å². The third-order valence-electron chi connectivity index (χ3n) is 3.89. The number of rotatable bonds is 4. The third kappa shape index (κ3) is 2.41. The van der Waals surface area contributed by atoms with Gasteiger partial charge in [-0.25, -0.2) is 0 Å². The highest BCUT2D eigenvalue weighted by molar-refractivity contribution is 6.08. The molecule has 2 aromatic carbocycles. The molecule has 112 valence electrons. The molecule has 1 aromatic heterocycles. The zero-order valence-corrected chi connectivity index (χ0v) is 12.3. The lowest BCUT2D eigenvalue weighted by molar-refractivity contribution is -0.118. The number of carbonyl (C=O) groups is 2. The maximum Gasteiger partial charge on any atom is 0.221 e. The Morgan fingerprint density at radius 1 is 0.864 bits per heavy atom. The van der Waals surface area contributed by atoms with Crippen LogP contribution in [0.25, 0.3) is 21.8 Å². The first-order valence-electron chi connectivity index (χ1n) is 7.02. The molecule has 0 unspecified atom stereocenters. The number of primary amides is 2. The molecule has 3 rings (SSSR count). The Labute approximate surface area is 127 Å². The van der Waals surface area contributed by atoms with Crippen LogP contribution in [-0.4, -0.2) is 16.4 Å².